The smallest absolute Gasteiger partial charge is 0.0656 e. The molecule has 78 heavy (non-hydrogen) atoms. The molecule has 0 radical (unpaired) electrons. The second kappa shape index (κ2) is 18.9. The van der Waals surface area contributed by atoms with Gasteiger partial charge in [0.2, 0.25) is 0 Å². The molecule has 13 rings (SSSR count). The Bertz CT molecular complexity index is 3860. The minimum absolute atomic E-state index is 1.20. The maximum Gasteiger partial charge on any atom is 0.0775 e. The van der Waals surface area contributed by atoms with Crippen LogP contribution in [0.15, 0.2) is 237 Å². The molecule has 0 aliphatic heterocycles. The molecule has 0 saturated carbocycles. The summed E-state index contributed by atoms with van der Waals surface area (Å²) in [6, 6.07) is 91.2. The first-order valence-electron chi connectivity index (χ1n) is 27.9. The SMILES string of the molecule is C[Si](C)(C)c1ccc(-c2c3ccccc3c(-c3cc(-c4c5ccccc5c(-c5ccc([Si](C)(C)C)cc5)c5ccccc45)cc(-c4c5ccccc5c(-c5ccc([Si](C)(C)C)cc5)c5ccccc45)c3)c3ccccc23)cc1. The Balaban J connectivity index is 1.15. The Morgan fingerprint density at radius 3 is 0.449 bits per heavy atom. The van der Waals surface area contributed by atoms with Gasteiger partial charge in [-0.2, -0.15) is 0 Å². The van der Waals surface area contributed by atoms with Crippen molar-refractivity contribution in [2.45, 2.75) is 58.9 Å². The van der Waals surface area contributed by atoms with Crippen molar-refractivity contribution in [1.29, 1.82) is 0 Å². The van der Waals surface area contributed by atoms with E-state index in [2.05, 4.69) is 296 Å². The summed E-state index contributed by atoms with van der Waals surface area (Å²) >= 11 is 0. The van der Waals surface area contributed by atoms with Gasteiger partial charge in [-0.3, -0.25) is 0 Å². The fraction of sp³-hybridized carbons (Fsp3) is 0.120. The quantitative estimate of drug-likeness (QED) is 0.0998. The molecule has 0 aromatic heterocycles. The van der Waals surface area contributed by atoms with Crippen LogP contribution in [0.3, 0.4) is 0 Å². The summed E-state index contributed by atoms with van der Waals surface area (Å²) < 4.78 is 0. The molecule has 0 nitrogen and oxygen atoms in total. The third-order valence-electron chi connectivity index (χ3n) is 16.7. The van der Waals surface area contributed by atoms with Crippen LogP contribution in [-0.4, -0.2) is 24.2 Å². The van der Waals surface area contributed by atoms with Crippen LogP contribution in [0.2, 0.25) is 58.9 Å². The van der Waals surface area contributed by atoms with Crippen LogP contribution in [0.25, 0.3) is 131 Å². The predicted molar refractivity (Wildman–Crippen MR) is 353 cm³/mol. The number of rotatable bonds is 9. The molecule has 0 fully saturated rings. The van der Waals surface area contributed by atoms with E-state index >= 15 is 0 Å². The second-order valence-corrected chi connectivity index (χ2v) is 40.0. The van der Waals surface area contributed by atoms with Gasteiger partial charge in [0.1, 0.15) is 0 Å². The average Bonchev–Trinajstić information content (AvgIpc) is 3.64. The summed E-state index contributed by atoms with van der Waals surface area (Å²) in [5.41, 5.74) is 15.0. The summed E-state index contributed by atoms with van der Waals surface area (Å²) in [7, 11) is -4.53. The van der Waals surface area contributed by atoms with Gasteiger partial charge in [0.25, 0.3) is 0 Å². The Hall–Kier alpha value is -7.93. The van der Waals surface area contributed by atoms with Crippen molar-refractivity contribution < 1.29 is 0 Å². The van der Waals surface area contributed by atoms with Crippen LogP contribution >= 0.6 is 0 Å². The standard InChI is InChI=1S/C75H66Si3/c1-76(2,3)55-40-34-49(35-41-55)70-58-22-10-16-28-64(58)73(65-29-17-11-23-59(65)70)52-46-53(74-66-30-18-12-24-60(66)71(61-25-13-19-31-67(61)74)50-36-42-56(43-37-50)77(4,5)6)48-54(47-52)75-68-32-20-14-26-62(68)72(63-27-15-21-33-69(63)75)51-38-44-57(45-39-51)78(7,8)9/h10-48H,1-9H3. The molecule has 0 aliphatic rings. The van der Waals surface area contributed by atoms with E-state index in [1.54, 1.807) is 0 Å². The molecule has 0 amide bonds. The molecular weight excluding hydrogens is 985 g/mol. The van der Waals surface area contributed by atoms with Crippen LogP contribution < -0.4 is 15.6 Å². The number of fused-ring (bicyclic) bond motifs is 6. The lowest BCUT2D eigenvalue weighted by atomic mass is 9.81. The topological polar surface area (TPSA) is 0 Å². The van der Waals surface area contributed by atoms with Gasteiger partial charge in [0.15, 0.2) is 0 Å². The number of hydrogen-bond donors (Lipinski definition) is 0. The van der Waals surface area contributed by atoms with Crippen LogP contribution in [0.4, 0.5) is 0 Å². The van der Waals surface area contributed by atoms with E-state index in [0.717, 1.165) is 0 Å². The highest BCUT2D eigenvalue weighted by atomic mass is 28.3. The third-order valence-corrected chi connectivity index (χ3v) is 22.9. The molecule has 0 heterocycles. The van der Waals surface area contributed by atoms with Crippen molar-refractivity contribution in [3.8, 4) is 66.8 Å². The van der Waals surface area contributed by atoms with Crippen molar-refractivity contribution in [2.24, 2.45) is 0 Å². The highest BCUT2D eigenvalue weighted by Gasteiger charge is 2.25. The Labute approximate surface area is 463 Å². The van der Waals surface area contributed by atoms with Gasteiger partial charge in [-0.05, 0) is 150 Å². The summed E-state index contributed by atoms with van der Waals surface area (Å²) in [4.78, 5) is 0. The maximum absolute atomic E-state index is 2.52. The highest BCUT2D eigenvalue weighted by Crippen LogP contribution is 2.51. The zero-order chi connectivity index (χ0) is 53.7. The lowest BCUT2D eigenvalue weighted by Gasteiger charge is -2.23. The fourth-order valence-corrected chi connectivity index (χ4v) is 16.2. The molecule has 0 bridgehead atoms. The first-order chi connectivity index (χ1) is 37.6. The molecule has 3 heteroatoms. The summed E-state index contributed by atoms with van der Waals surface area (Å²) in [6.07, 6.45) is 0. The zero-order valence-electron chi connectivity index (χ0n) is 46.5. The van der Waals surface area contributed by atoms with Crippen molar-refractivity contribution in [1.82, 2.24) is 0 Å². The molecule has 0 unspecified atom stereocenters. The molecule has 13 aromatic rings. The van der Waals surface area contributed by atoms with E-state index in [1.807, 2.05) is 0 Å². The lowest BCUT2D eigenvalue weighted by molar-refractivity contribution is 1.62. The van der Waals surface area contributed by atoms with Gasteiger partial charge >= 0.3 is 0 Å². The Morgan fingerprint density at radius 1 is 0.167 bits per heavy atom. The van der Waals surface area contributed by atoms with E-state index in [-0.39, 0.29) is 0 Å². The van der Waals surface area contributed by atoms with Gasteiger partial charge in [0.05, 0.1) is 24.2 Å². The van der Waals surface area contributed by atoms with Crippen molar-refractivity contribution >= 4 is 104 Å². The molecule has 0 aliphatic carbocycles. The Morgan fingerprint density at radius 2 is 0.308 bits per heavy atom. The fourth-order valence-electron chi connectivity index (χ4n) is 12.7. The van der Waals surface area contributed by atoms with Crippen LogP contribution in [0, 0.1) is 0 Å². The number of benzene rings is 13. The van der Waals surface area contributed by atoms with Gasteiger partial charge < -0.3 is 0 Å². The zero-order valence-corrected chi connectivity index (χ0v) is 49.5. The van der Waals surface area contributed by atoms with E-state index in [1.165, 1.54) is 147 Å². The van der Waals surface area contributed by atoms with Gasteiger partial charge in [-0.15, -0.1) is 0 Å². The minimum Gasteiger partial charge on any atom is -0.0656 e. The van der Waals surface area contributed by atoms with Crippen molar-refractivity contribution in [3.63, 3.8) is 0 Å². The van der Waals surface area contributed by atoms with E-state index < -0.39 is 24.2 Å². The summed E-state index contributed by atoms with van der Waals surface area (Å²) in [6.45, 7) is 21.9. The Kier molecular flexibility index (Phi) is 12.0. The van der Waals surface area contributed by atoms with Crippen LogP contribution in [-0.2, 0) is 0 Å². The van der Waals surface area contributed by atoms with E-state index in [9.17, 15) is 0 Å². The second-order valence-electron chi connectivity index (χ2n) is 24.8. The summed E-state index contributed by atoms with van der Waals surface area (Å²) in [5, 5.41) is 19.5. The van der Waals surface area contributed by atoms with Crippen LogP contribution in [0.1, 0.15) is 0 Å². The third kappa shape index (κ3) is 8.48. The largest absolute Gasteiger partial charge is 0.0775 e. The van der Waals surface area contributed by atoms with Gasteiger partial charge in [-0.1, -0.05) is 293 Å². The molecule has 0 atom stereocenters. The van der Waals surface area contributed by atoms with Crippen molar-refractivity contribution in [2.75, 3.05) is 0 Å². The molecule has 0 saturated heterocycles. The number of hydrogen-bond acceptors (Lipinski definition) is 0. The molecular formula is C75H66Si3. The average molecular weight is 1050 g/mol. The molecule has 378 valence electrons. The van der Waals surface area contributed by atoms with Gasteiger partial charge in [-0.25, -0.2) is 0 Å². The lowest BCUT2D eigenvalue weighted by Crippen LogP contribution is -2.37. The molecule has 13 aromatic carbocycles. The highest BCUT2D eigenvalue weighted by molar-refractivity contribution is 6.89. The van der Waals surface area contributed by atoms with Crippen molar-refractivity contribution in [3.05, 3.63) is 237 Å². The molecule has 0 spiro atoms. The van der Waals surface area contributed by atoms with E-state index in [4.69, 9.17) is 0 Å². The monoisotopic (exact) mass is 1050 g/mol. The normalized spacial score (nSPS) is 12.4. The van der Waals surface area contributed by atoms with E-state index in [0.29, 0.717) is 0 Å². The first kappa shape index (κ1) is 49.6. The summed E-state index contributed by atoms with van der Waals surface area (Å²) in [5.74, 6) is 0. The minimum atomic E-state index is -1.51. The first-order valence-corrected chi connectivity index (χ1v) is 38.4. The maximum atomic E-state index is 2.52. The van der Waals surface area contributed by atoms with Crippen LogP contribution in [0.5, 0.6) is 0 Å². The van der Waals surface area contributed by atoms with Gasteiger partial charge in [0, 0.05) is 0 Å². The molecule has 0 N–H and O–H groups in total. The predicted octanol–water partition coefficient (Wildman–Crippen LogP) is 20.2.